The molecular formula is C14H14S7. The van der Waals surface area contributed by atoms with Gasteiger partial charge in [-0.2, -0.15) is 12.6 Å². The summed E-state index contributed by atoms with van der Waals surface area (Å²) in [5, 5.41) is 0. The first-order valence-corrected chi connectivity index (χ1v) is 12.5. The van der Waals surface area contributed by atoms with Crippen molar-refractivity contribution in [3.05, 3.63) is 41.2 Å². The quantitative estimate of drug-likeness (QED) is 0.408. The maximum Gasteiger partial charge on any atom is 0.0717 e. The van der Waals surface area contributed by atoms with Gasteiger partial charge in [-0.3, -0.25) is 0 Å². The predicted molar refractivity (Wildman–Crippen MR) is 112 cm³/mol. The monoisotopic (exact) mass is 406 g/mol. The highest BCUT2D eigenvalue weighted by Gasteiger charge is 2.28. The van der Waals surface area contributed by atoms with Gasteiger partial charge < -0.3 is 0 Å². The molecule has 1 aromatic rings. The van der Waals surface area contributed by atoms with Gasteiger partial charge in [-0.25, -0.2) is 0 Å². The van der Waals surface area contributed by atoms with Crippen molar-refractivity contribution in [3.8, 4) is 0 Å². The highest BCUT2D eigenvalue weighted by molar-refractivity contribution is 8.42. The minimum absolute atomic E-state index is 0.974. The summed E-state index contributed by atoms with van der Waals surface area (Å²) in [6, 6.07) is 8.69. The van der Waals surface area contributed by atoms with Gasteiger partial charge in [0.2, 0.25) is 0 Å². The molecule has 0 saturated carbocycles. The average Bonchev–Trinajstić information content (AvgIpc) is 3.10. The molecule has 112 valence electrons. The van der Waals surface area contributed by atoms with Gasteiger partial charge in [-0.1, -0.05) is 59.2 Å². The summed E-state index contributed by atoms with van der Waals surface area (Å²) >= 11 is 15.9. The zero-order valence-corrected chi connectivity index (χ0v) is 17.1. The Morgan fingerprint density at radius 2 is 1.57 bits per heavy atom. The van der Waals surface area contributed by atoms with Crippen LogP contribution in [0.15, 0.2) is 51.0 Å². The Morgan fingerprint density at radius 1 is 0.952 bits per heavy atom. The van der Waals surface area contributed by atoms with Crippen molar-refractivity contribution in [1.29, 1.82) is 0 Å². The van der Waals surface area contributed by atoms with Gasteiger partial charge in [0.05, 0.1) is 16.9 Å². The number of fused-ring (bicyclic) bond motifs is 1. The Morgan fingerprint density at radius 3 is 2.19 bits per heavy atom. The lowest BCUT2D eigenvalue weighted by molar-refractivity contribution is 1.13. The van der Waals surface area contributed by atoms with Crippen LogP contribution >= 0.6 is 83.2 Å². The molecule has 0 N–H and O–H groups in total. The van der Waals surface area contributed by atoms with E-state index in [0.29, 0.717) is 0 Å². The van der Waals surface area contributed by atoms with Crippen molar-refractivity contribution in [3.63, 3.8) is 0 Å². The molecule has 0 nitrogen and oxygen atoms in total. The molecular weight excluding hydrogens is 393 g/mol. The van der Waals surface area contributed by atoms with E-state index in [1.807, 2.05) is 70.6 Å². The fraction of sp³-hybridized carbons (Fsp3) is 0.286. The van der Waals surface area contributed by atoms with Crippen LogP contribution in [0.2, 0.25) is 0 Å². The summed E-state index contributed by atoms with van der Waals surface area (Å²) < 4.78 is 5.85. The molecule has 0 aromatic heterocycles. The maximum absolute atomic E-state index is 4.30. The molecule has 0 aliphatic carbocycles. The summed E-state index contributed by atoms with van der Waals surface area (Å²) in [6.07, 6.45) is 3.35. The summed E-state index contributed by atoms with van der Waals surface area (Å²) in [5.74, 6) is 2.14. The number of rotatable bonds is 5. The second-order valence-corrected chi connectivity index (χ2v) is 11.7. The summed E-state index contributed by atoms with van der Waals surface area (Å²) in [5.41, 5.74) is 0. The molecule has 2 heterocycles. The zero-order valence-electron chi connectivity index (χ0n) is 11.3. The molecule has 2 aliphatic rings. The Labute approximate surface area is 157 Å². The van der Waals surface area contributed by atoms with Gasteiger partial charge in [0, 0.05) is 9.79 Å². The molecule has 7 heteroatoms. The number of benzene rings is 1. The van der Waals surface area contributed by atoms with E-state index in [1.54, 1.807) is 0 Å². The van der Waals surface area contributed by atoms with Crippen molar-refractivity contribution < 1.29 is 0 Å². The van der Waals surface area contributed by atoms with Crippen molar-refractivity contribution in [2.24, 2.45) is 0 Å². The van der Waals surface area contributed by atoms with Crippen LogP contribution in [0, 0.1) is 0 Å². The van der Waals surface area contributed by atoms with Crippen LogP contribution < -0.4 is 0 Å². The number of hydrogen-bond donors (Lipinski definition) is 1. The van der Waals surface area contributed by atoms with Crippen LogP contribution in [0.25, 0.3) is 0 Å². The van der Waals surface area contributed by atoms with Crippen LogP contribution in [-0.4, -0.2) is 17.8 Å². The predicted octanol–water partition coefficient (Wildman–Crippen LogP) is 7.03. The normalized spacial score (nSPS) is 17.8. The first kappa shape index (κ1) is 17.0. The Kier molecular flexibility index (Phi) is 6.72. The van der Waals surface area contributed by atoms with E-state index in [2.05, 4.69) is 43.2 Å². The van der Waals surface area contributed by atoms with Crippen LogP contribution in [0.5, 0.6) is 0 Å². The van der Waals surface area contributed by atoms with Crippen molar-refractivity contribution in [1.82, 2.24) is 0 Å². The molecule has 0 saturated heterocycles. The number of hydrogen-bond acceptors (Lipinski definition) is 7. The fourth-order valence-corrected chi connectivity index (χ4v) is 10.3. The average molecular weight is 407 g/mol. The molecule has 0 atom stereocenters. The van der Waals surface area contributed by atoms with Crippen LogP contribution in [0.4, 0.5) is 0 Å². The Balaban J connectivity index is 1.71. The SMILES string of the molecule is CSC1=C(SCCCS)SC(=C2Sc3ccccc3S2)S1. The lowest BCUT2D eigenvalue weighted by Gasteiger charge is -2.02. The standard InChI is InChI=1S/C14H14S7/c1-16-11-12(17-8-4-7-15)21-14(20-11)13-18-9-5-2-3-6-10(9)19-13/h2-3,5-6,15H,4,7-8H2,1H3. The highest BCUT2D eigenvalue weighted by atomic mass is 32.3. The molecule has 0 radical (unpaired) electrons. The summed E-state index contributed by atoms with van der Waals surface area (Å²) in [4.78, 5) is 2.79. The van der Waals surface area contributed by atoms with Crippen molar-refractivity contribution >= 4 is 83.2 Å². The smallest absolute Gasteiger partial charge is 0.0717 e. The molecule has 0 bridgehead atoms. The van der Waals surface area contributed by atoms with Gasteiger partial charge in [-0.15, -0.1) is 23.5 Å². The molecule has 0 fully saturated rings. The third kappa shape index (κ3) is 4.17. The van der Waals surface area contributed by atoms with E-state index in [0.717, 1.165) is 5.75 Å². The molecule has 1 aromatic carbocycles. The molecule has 3 rings (SSSR count). The van der Waals surface area contributed by atoms with E-state index >= 15 is 0 Å². The number of thioether (sulfide) groups is 6. The number of thiol groups is 1. The molecule has 0 spiro atoms. The van der Waals surface area contributed by atoms with Gasteiger partial charge in [0.15, 0.2) is 0 Å². The molecule has 2 aliphatic heterocycles. The minimum Gasteiger partial charge on any atom is -0.179 e. The van der Waals surface area contributed by atoms with Crippen LogP contribution in [0.1, 0.15) is 6.42 Å². The van der Waals surface area contributed by atoms with Gasteiger partial charge in [0.1, 0.15) is 0 Å². The first-order valence-electron chi connectivity index (χ1n) is 6.38. The van der Waals surface area contributed by atoms with Gasteiger partial charge >= 0.3 is 0 Å². The largest absolute Gasteiger partial charge is 0.179 e. The summed E-state index contributed by atoms with van der Waals surface area (Å²) in [6.45, 7) is 0. The minimum atomic E-state index is 0.974. The zero-order chi connectivity index (χ0) is 14.7. The van der Waals surface area contributed by atoms with Gasteiger partial charge in [0.25, 0.3) is 0 Å². The Bertz CT molecular complexity index is 564. The first-order chi connectivity index (χ1) is 10.3. The third-order valence-electron chi connectivity index (χ3n) is 2.68. The lowest BCUT2D eigenvalue weighted by Crippen LogP contribution is -1.80. The molecule has 21 heavy (non-hydrogen) atoms. The summed E-state index contributed by atoms with van der Waals surface area (Å²) in [7, 11) is 0. The van der Waals surface area contributed by atoms with Crippen molar-refractivity contribution in [2.45, 2.75) is 16.2 Å². The van der Waals surface area contributed by atoms with E-state index < -0.39 is 0 Å². The van der Waals surface area contributed by atoms with E-state index in [4.69, 9.17) is 0 Å². The van der Waals surface area contributed by atoms with Crippen molar-refractivity contribution in [2.75, 3.05) is 17.8 Å². The second kappa shape index (κ2) is 8.31. The van der Waals surface area contributed by atoms with Crippen LogP contribution in [0.3, 0.4) is 0 Å². The third-order valence-corrected chi connectivity index (χ3v) is 11.5. The van der Waals surface area contributed by atoms with Crippen LogP contribution in [-0.2, 0) is 0 Å². The fourth-order valence-electron chi connectivity index (χ4n) is 1.72. The second-order valence-electron chi connectivity index (χ2n) is 4.13. The Hall–Kier alpha value is 1.15. The van der Waals surface area contributed by atoms with E-state index in [-0.39, 0.29) is 0 Å². The van der Waals surface area contributed by atoms with Gasteiger partial charge in [-0.05, 0) is 36.3 Å². The lowest BCUT2D eigenvalue weighted by atomic mass is 10.4. The maximum atomic E-state index is 4.30. The topological polar surface area (TPSA) is 0 Å². The van der Waals surface area contributed by atoms with E-state index in [9.17, 15) is 0 Å². The molecule has 0 amide bonds. The highest BCUT2D eigenvalue weighted by Crippen LogP contribution is 2.63. The molecule has 0 unspecified atom stereocenters. The van der Waals surface area contributed by atoms with E-state index in [1.165, 1.54) is 38.9 Å².